The summed E-state index contributed by atoms with van der Waals surface area (Å²) in [6, 6.07) is 16.8. The molecule has 312 valence electrons. The van der Waals surface area contributed by atoms with Gasteiger partial charge in [0, 0.05) is 11.1 Å². The number of halogens is 8. The third kappa shape index (κ3) is 14.0. The van der Waals surface area contributed by atoms with Gasteiger partial charge in [0.05, 0.1) is 27.2 Å². The highest BCUT2D eigenvalue weighted by Crippen LogP contribution is 2.36. The first kappa shape index (κ1) is 47.1. The molecule has 0 saturated heterocycles. The summed E-state index contributed by atoms with van der Waals surface area (Å²) in [6.07, 6.45) is -8.99. The van der Waals surface area contributed by atoms with Crippen molar-refractivity contribution in [2.24, 2.45) is 11.8 Å². The van der Waals surface area contributed by atoms with Crippen LogP contribution in [0.2, 0.25) is 10.0 Å². The molecule has 0 aromatic heterocycles. The van der Waals surface area contributed by atoms with Gasteiger partial charge in [-0.2, -0.15) is 26.3 Å². The maximum atomic E-state index is 12.7. The number of Topliss-reactive ketones (excluding diaryl/α,β-unsaturated/α-hetero) is 1. The van der Waals surface area contributed by atoms with E-state index >= 15 is 0 Å². The normalized spacial score (nSPS) is 12.5. The lowest BCUT2D eigenvalue weighted by atomic mass is 10.00. The highest BCUT2D eigenvalue weighted by Gasteiger charge is 2.32. The average Bonchev–Trinajstić information content (AvgIpc) is 3.14. The monoisotopic (exact) mass is 856 g/mol. The lowest BCUT2D eigenvalue weighted by molar-refractivity contribution is -0.140. The van der Waals surface area contributed by atoms with Crippen LogP contribution in [0.3, 0.4) is 0 Å². The fourth-order valence-corrected chi connectivity index (χ4v) is 5.69. The molecule has 0 saturated carbocycles. The van der Waals surface area contributed by atoms with E-state index in [0.29, 0.717) is 16.7 Å². The van der Waals surface area contributed by atoms with E-state index in [9.17, 15) is 50.6 Å². The molecule has 58 heavy (non-hydrogen) atoms. The molecule has 0 aliphatic heterocycles. The van der Waals surface area contributed by atoms with E-state index < -0.39 is 53.3 Å². The molecule has 0 bridgehead atoms. The summed E-state index contributed by atoms with van der Waals surface area (Å²) in [6.45, 7) is 8.41. The minimum Gasteiger partial charge on any atom is -0.487 e. The number of ether oxygens (including phenoxy) is 2. The molecule has 0 heterocycles. The Morgan fingerprint density at radius 3 is 1.31 bits per heavy atom. The Hall–Kier alpha value is -5.28. The van der Waals surface area contributed by atoms with Crippen LogP contribution >= 0.6 is 23.2 Å². The molecule has 4 rings (SSSR count). The van der Waals surface area contributed by atoms with Gasteiger partial charge in [-0.1, -0.05) is 75.2 Å². The third-order valence-electron chi connectivity index (χ3n) is 8.30. The zero-order chi connectivity index (χ0) is 43.5. The van der Waals surface area contributed by atoms with E-state index in [1.165, 1.54) is 19.1 Å². The van der Waals surface area contributed by atoms with Crippen LogP contribution in [-0.2, 0) is 35.2 Å². The molecule has 0 fully saturated rings. The molecule has 9 nitrogen and oxygen atoms in total. The summed E-state index contributed by atoms with van der Waals surface area (Å²) in [5.74, 6) is -2.40. The number of hydrogen-bond donors (Lipinski definition) is 3. The number of carbonyl (C=O) groups is 4. The molecular weight excluding hydrogens is 817 g/mol. The molecule has 4 aromatic rings. The number of amides is 2. The van der Waals surface area contributed by atoms with Crippen LogP contribution in [0.1, 0.15) is 77.6 Å². The highest BCUT2D eigenvalue weighted by molar-refractivity contribution is 6.32. The summed E-state index contributed by atoms with van der Waals surface area (Å²) in [5, 5.41) is 14.0. The molecule has 0 spiro atoms. The van der Waals surface area contributed by atoms with Crippen molar-refractivity contribution in [3.8, 4) is 11.5 Å². The van der Waals surface area contributed by atoms with Crippen molar-refractivity contribution in [2.75, 3.05) is 0 Å². The van der Waals surface area contributed by atoms with Gasteiger partial charge in [-0.25, -0.2) is 4.79 Å². The van der Waals surface area contributed by atoms with Gasteiger partial charge in [0.15, 0.2) is 5.78 Å². The van der Waals surface area contributed by atoms with Gasteiger partial charge in [-0.15, -0.1) is 0 Å². The molecule has 17 heteroatoms. The van der Waals surface area contributed by atoms with Gasteiger partial charge in [0.2, 0.25) is 0 Å². The fourth-order valence-electron chi connectivity index (χ4n) is 5.22. The van der Waals surface area contributed by atoms with Crippen LogP contribution in [-0.4, -0.2) is 40.8 Å². The van der Waals surface area contributed by atoms with E-state index in [4.69, 9.17) is 32.7 Å². The lowest BCUT2D eigenvalue weighted by Gasteiger charge is -2.19. The second kappa shape index (κ2) is 20.4. The Balaban J connectivity index is 0.000000310. The second-order valence-corrected chi connectivity index (χ2v) is 14.4. The molecule has 0 radical (unpaired) electrons. The topological polar surface area (TPSA) is 131 Å². The average molecular weight is 858 g/mol. The predicted octanol–water partition coefficient (Wildman–Crippen LogP) is 10.1. The Labute approximate surface area is 340 Å². The van der Waals surface area contributed by atoms with Gasteiger partial charge < -0.3 is 25.2 Å². The smallest absolute Gasteiger partial charge is 0.416 e. The zero-order valence-corrected chi connectivity index (χ0v) is 33.2. The zero-order valence-electron chi connectivity index (χ0n) is 31.7. The first-order chi connectivity index (χ1) is 27.0. The third-order valence-corrected chi connectivity index (χ3v) is 8.89. The van der Waals surface area contributed by atoms with Crippen molar-refractivity contribution in [1.29, 1.82) is 0 Å². The number of benzene rings is 4. The summed E-state index contributed by atoms with van der Waals surface area (Å²) < 4.78 is 87.1. The van der Waals surface area contributed by atoms with Crippen molar-refractivity contribution in [2.45, 2.75) is 72.3 Å². The number of alkyl halides is 6. The number of rotatable bonds is 14. The van der Waals surface area contributed by atoms with Crippen LogP contribution < -0.4 is 20.1 Å². The standard InChI is InChI=1S/C21H21ClF3NO3.C20H19ClF3NO4/c1-12(2)19(13(3)27)26-20(28)15-6-4-5-14(9-15)11-29-18-8-7-16(10-17(18)22)21(23,24)25;1-11(2)17(19(27)28)25-18(26)13-5-3-4-12(8-13)10-29-16-7-6-14(9-15(16)21)20(22,23)24/h4-10,12,19H,11H2,1-3H3,(H,26,28);3-9,11,17H,10H2,1-2H3,(H,25,26)(H,27,28)/t19-;17-/m00/s1. The number of ketones is 1. The van der Waals surface area contributed by atoms with E-state index in [-0.39, 0.29) is 57.9 Å². The SMILES string of the molecule is CC(=O)[C@@H](NC(=O)c1cccc(COc2ccc(C(F)(F)F)cc2Cl)c1)C(C)C.CC(C)[C@H](NC(=O)c1cccc(COc2ccc(C(F)(F)F)cc2Cl)c1)C(=O)O. The molecule has 0 unspecified atom stereocenters. The van der Waals surface area contributed by atoms with Crippen molar-refractivity contribution < 1.29 is 60.1 Å². The summed E-state index contributed by atoms with van der Waals surface area (Å²) >= 11 is 11.7. The van der Waals surface area contributed by atoms with Crippen LogP contribution in [0.25, 0.3) is 0 Å². The van der Waals surface area contributed by atoms with E-state index in [0.717, 1.165) is 36.4 Å². The summed E-state index contributed by atoms with van der Waals surface area (Å²) in [7, 11) is 0. The Morgan fingerprint density at radius 1 is 0.621 bits per heavy atom. The van der Waals surface area contributed by atoms with E-state index in [1.54, 1.807) is 50.2 Å². The maximum absolute atomic E-state index is 12.7. The molecule has 4 aromatic carbocycles. The minimum atomic E-state index is -4.51. The van der Waals surface area contributed by atoms with E-state index in [1.807, 2.05) is 13.8 Å². The molecular formula is C41H40Cl2F6N2O7. The van der Waals surface area contributed by atoms with Gasteiger partial charge in [0.25, 0.3) is 11.8 Å². The van der Waals surface area contributed by atoms with Crippen molar-refractivity contribution in [3.63, 3.8) is 0 Å². The first-order valence-electron chi connectivity index (χ1n) is 17.5. The maximum Gasteiger partial charge on any atom is 0.416 e. The second-order valence-electron chi connectivity index (χ2n) is 13.6. The molecule has 0 aliphatic rings. The number of carboxylic acid groups (broad SMARTS) is 1. The Morgan fingerprint density at radius 2 is 1.00 bits per heavy atom. The number of hydrogen-bond acceptors (Lipinski definition) is 6. The summed E-state index contributed by atoms with van der Waals surface area (Å²) in [5.41, 5.74) is 0.0148. The lowest BCUT2D eigenvalue weighted by Crippen LogP contribution is -2.44. The summed E-state index contributed by atoms with van der Waals surface area (Å²) in [4.78, 5) is 47.7. The number of nitrogens with one attached hydrogen (secondary N) is 2. The van der Waals surface area contributed by atoms with Crippen LogP contribution in [0.15, 0.2) is 84.9 Å². The quantitative estimate of drug-likeness (QED) is 0.108. The number of aliphatic carboxylic acids is 1. The van der Waals surface area contributed by atoms with Crippen LogP contribution in [0.5, 0.6) is 11.5 Å². The highest BCUT2D eigenvalue weighted by atomic mass is 35.5. The number of carboxylic acids is 1. The van der Waals surface area contributed by atoms with Crippen molar-refractivity contribution in [3.05, 3.63) is 128 Å². The van der Waals surface area contributed by atoms with Crippen LogP contribution in [0, 0.1) is 11.8 Å². The van der Waals surface area contributed by atoms with Gasteiger partial charge in [-0.3, -0.25) is 14.4 Å². The van der Waals surface area contributed by atoms with Crippen molar-refractivity contribution >= 4 is 46.8 Å². The first-order valence-corrected chi connectivity index (χ1v) is 18.3. The van der Waals surface area contributed by atoms with Gasteiger partial charge in [-0.05, 0) is 90.6 Å². The minimum absolute atomic E-state index is 0.00647. The van der Waals surface area contributed by atoms with Gasteiger partial charge >= 0.3 is 18.3 Å². The Kier molecular flexibility index (Phi) is 16.6. The fraction of sp³-hybridized carbons (Fsp3) is 0.317. The molecule has 2 amide bonds. The van der Waals surface area contributed by atoms with Crippen molar-refractivity contribution in [1.82, 2.24) is 10.6 Å². The number of carbonyl (C=O) groups excluding carboxylic acids is 3. The van der Waals surface area contributed by atoms with Gasteiger partial charge in [0.1, 0.15) is 30.8 Å². The molecule has 0 aliphatic carbocycles. The molecule has 3 N–H and O–H groups in total. The molecule has 2 atom stereocenters. The Bertz CT molecular complexity index is 1940. The van der Waals surface area contributed by atoms with E-state index in [2.05, 4.69) is 10.6 Å². The van der Waals surface area contributed by atoms with Crippen LogP contribution in [0.4, 0.5) is 26.3 Å². The largest absolute Gasteiger partial charge is 0.487 e. The predicted molar refractivity (Wildman–Crippen MR) is 205 cm³/mol.